The van der Waals surface area contributed by atoms with Gasteiger partial charge in [0.1, 0.15) is 5.82 Å². The van der Waals surface area contributed by atoms with Gasteiger partial charge in [-0.1, -0.05) is 23.4 Å². The fraction of sp³-hybridized carbons (Fsp3) is 0.385. The van der Waals surface area contributed by atoms with Crippen molar-refractivity contribution >= 4 is 10.0 Å². The Hall–Kier alpha value is -1.69. The van der Waals surface area contributed by atoms with Gasteiger partial charge in [-0.15, -0.1) is 4.83 Å². The molecule has 1 aromatic rings. The van der Waals surface area contributed by atoms with Crippen LogP contribution in [-0.4, -0.2) is 51.0 Å². The van der Waals surface area contributed by atoms with Crippen LogP contribution in [0, 0.1) is 0 Å². The summed E-state index contributed by atoms with van der Waals surface area (Å²) < 4.78 is 30.0. The first-order chi connectivity index (χ1) is 11.0. The van der Waals surface area contributed by atoms with Gasteiger partial charge >= 0.3 is 0 Å². The van der Waals surface area contributed by atoms with Crippen molar-refractivity contribution in [3.63, 3.8) is 0 Å². The van der Waals surface area contributed by atoms with Crippen LogP contribution in [0.2, 0.25) is 0 Å². The Labute approximate surface area is 135 Å². The Bertz CT molecular complexity index is 660. The van der Waals surface area contributed by atoms with Gasteiger partial charge in [-0.2, -0.15) is 0 Å². The summed E-state index contributed by atoms with van der Waals surface area (Å²) >= 11 is 0. The van der Waals surface area contributed by atoms with E-state index >= 15 is 0 Å². The SMILES string of the molecule is NC1C=C(N2CCOCC2)NN(NS(=O)(=O)c2ccccc2)N1. The van der Waals surface area contributed by atoms with E-state index in [9.17, 15) is 8.42 Å². The molecular weight excluding hydrogens is 320 g/mol. The zero-order valence-corrected chi connectivity index (χ0v) is 13.3. The van der Waals surface area contributed by atoms with Crippen molar-refractivity contribution < 1.29 is 13.2 Å². The van der Waals surface area contributed by atoms with E-state index in [0.29, 0.717) is 26.3 Å². The lowest BCUT2D eigenvalue weighted by Crippen LogP contribution is -2.66. The molecule has 2 aliphatic heterocycles. The molecule has 0 amide bonds. The van der Waals surface area contributed by atoms with Crippen molar-refractivity contribution in [2.75, 3.05) is 26.3 Å². The van der Waals surface area contributed by atoms with Crippen LogP contribution >= 0.6 is 0 Å². The molecule has 126 valence electrons. The van der Waals surface area contributed by atoms with E-state index in [4.69, 9.17) is 10.5 Å². The molecule has 3 rings (SSSR count). The van der Waals surface area contributed by atoms with Crippen LogP contribution in [0.4, 0.5) is 0 Å². The first kappa shape index (κ1) is 16.2. The highest BCUT2D eigenvalue weighted by Crippen LogP contribution is 2.11. The van der Waals surface area contributed by atoms with Crippen LogP contribution in [0.25, 0.3) is 0 Å². The predicted molar refractivity (Wildman–Crippen MR) is 83.3 cm³/mol. The normalized spacial score (nSPS) is 23.3. The minimum Gasteiger partial charge on any atom is -0.378 e. The molecule has 0 saturated carbocycles. The predicted octanol–water partition coefficient (Wildman–Crippen LogP) is -1.34. The summed E-state index contributed by atoms with van der Waals surface area (Å²) in [5.74, 6) is 0.732. The van der Waals surface area contributed by atoms with Crippen LogP contribution in [0.3, 0.4) is 0 Å². The standard InChI is InChI=1S/C13H20N6O3S/c14-12-10-13(18-6-8-22-9-7-18)16-19(15-12)17-23(20,21)11-4-2-1-3-5-11/h1-5,10,12,15-17H,6-9,14H2. The number of rotatable bonds is 4. The van der Waals surface area contributed by atoms with Crippen molar-refractivity contribution in [2.24, 2.45) is 5.73 Å². The molecule has 23 heavy (non-hydrogen) atoms. The molecule has 1 unspecified atom stereocenters. The highest BCUT2D eigenvalue weighted by molar-refractivity contribution is 7.89. The second kappa shape index (κ2) is 6.83. The number of nitrogens with one attached hydrogen (secondary N) is 3. The molecule has 0 aromatic heterocycles. The first-order valence-corrected chi connectivity index (χ1v) is 8.73. The number of morpholine rings is 1. The van der Waals surface area contributed by atoms with Crippen molar-refractivity contribution in [2.45, 2.75) is 11.1 Å². The Balaban J connectivity index is 1.70. The van der Waals surface area contributed by atoms with Crippen LogP contribution in [-0.2, 0) is 14.8 Å². The monoisotopic (exact) mass is 340 g/mol. The molecule has 1 atom stereocenters. The molecule has 5 N–H and O–H groups in total. The number of ether oxygens (including phenoxy) is 1. The van der Waals surface area contributed by atoms with Gasteiger partial charge in [-0.25, -0.2) is 13.8 Å². The van der Waals surface area contributed by atoms with E-state index in [-0.39, 0.29) is 4.90 Å². The fourth-order valence-electron chi connectivity index (χ4n) is 2.34. The second-order valence-electron chi connectivity index (χ2n) is 5.16. The van der Waals surface area contributed by atoms with Gasteiger partial charge in [-0.3, -0.25) is 5.43 Å². The Kier molecular flexibility index (Phi) is 4.80. The topological polar surface area (TPSA) is 112 Å². The fourth-order valence-corrected chi connectivity index (χ4v) is 3.30. The smallest absolute Gasteiger partial charge is 0.256 e. The molecule has 10 heteroatoms. The number of hydrogen-bond donors (Lipinski definition) is 4. The maximum atomic E-state index is 12.4. The van der Waals surface area contributed by atoms with E-state index in [1.54, 1.807) is 24.3 Å². The molecule has 1 aromatic carbocycles. The third-order valence-corrected chi connectivity index (χ3v) is 4.77. The summed E-state index contributed by atoms with van der Waals surface area (Å²) in [5, 5.41) is 1.16. The van der Waals surface area contributed by atoms with E-state index in [0.717, 1.165) is 11.0 Å². The summed E-state index contributed by atoms with van der Waals surface area (Å²) in [6, 6.07) is 8.12. The molecule has 0 radical (unpaired) electrons. The summed E-state index contributed by atoms with van der Waals surface area (Å²) in [5.41, 5.74) is 11.7. The lowest BCUT2D eigenvalue weighted by atomic mass is 10.3. The van der Waals surface area contributed by atoms with Crippen molar-refractivity contribution in [3.8, 4) is 0 Å². The minimum absolute atomic E-state index is 0.166. The maximum absolute atomic E-state index is 12.4. The highest BCUT2D eigenvalue weighted by Gasteiger charge is 2.25. The van der Waals surface area contributed by atoms with Gasteiger partial charge in [-0.05, 0) is 18.2 Å². The number of nitrogens with two attached hydrogens (primary N) is 1. The lowest BCUT2D eigenvalue weighted by molar-refractivity contribution is 0.0158. The Morgan fingerprint density at radius 1 is 1.22 bits per heavy atom. The molecule has 0 bridgehead atoms. The van der Waals surface area contributed by atoms with Gasteiger partial charge in [0.05, 0.1) is 24.3 Å². The molecule has 2 heterocycles. The minimum atomic E-state index is -3.71. The number of sulfonamides is 1. The van der Waals surface area contributed by atoms with Crippen molar-refractivity contribution in [1.82, 2.24) is 25.8 Å². The summed E-state index contributed by atoms with van der Waals surface area (Å²) in [6.07, 6.45) is 1.27. The molecule has 1 saturated heterocycles. The van der Waals surface area contributed by atoms with Crippen molar-refractivity contribution in [1.29, 1.82) is 0 Å². The summed E-state index contributed by atoms with van der Waals surface area (Å²) in [4.78, 5) is 4.63. The van der Waals surface area contributed by atoms with Crippen LogP contribution in [0.1, 0.15) is 0 Å². The number of benzene rings is 1. The maximum Gasteiger partial charge on any atom is 0.256 e. The number of hydrogen-bond acceptors (Lipinski definition) is 8. The molecule has 9 nitrogen and oxygen atoms in total. The van der Waals surface area contributed by atoms with Crippen LogP contribution in [0.5, 0.6) is 0 Å². The third-order valence-electron chi connectivity index (χ3n) is 3.46. The van der Waals surface area contributed by atoms with Gasteiger partial charge < -0.3 is 15.4 Å². The van der Waals surface area contributed by atoms with E-state index in [2.05, 4.69) is 15.7 Å². The average molecular weight is 340 g/mol. The molecule has 2 aliphatic rings. The van der Waals surface area contributed by atoms with E-state index < -0.39 is 16.2 Å². The van der Waals surface area contributed by atoms with E-state index in [1.165, 1.54) is 12.1 Å². The highest BCUT2D eigenvalue weighted by atomic mass is 32.2. The van der Waals surface area contributed by atoms with Gasteiger partial charge in [0, 0.05) is 13.1 Å². The first-order valence-electron chi connectivity index (χ1n) is 7.25. The zero-order chi connectivity index (χ0) is 16.3. The summed E-state index contributed by atoms with van der Waals surface area (Å²) in [7, 11) is -3.71. The Morgan fingerprint density at radius 2 is 1.91 bits per heavy atom. The summed E-state index contributed by atoms with van der Waals surface area (Å²) in [6.45, 7) is 2.67. The molecular formula is C13H20N6O3S. The molecule has 1 fully saturated rings. The molecule has 0 spiro atoms. The second-order valence-corrected chi connectivity index (χ2v) is 6.82. The number of nitrogens with zero attached hydrogens (tertiary/aromatic N) is 2. The third kappa shape index (κ3) is 3.99. The van der Waals surface area contributed by atoms with Gasteiger partial charge in [0.15, 0.2) is 0 Å². The van der Waals surface area contributed by atoms with Crippen LogP contribution < -0.4 is 21.4 Å². The van der Waals surface area contributed by atoms with Gasteiger partial charge in [0.25, 0.3) is 10.0 Å². The van der Waals surface area contributed by atoms with Gasteiger partial charge in [0.2, 0.25) is 0 Å². The average Bonchev–Trinajstić information content (AvgIpc) is 2.55. The largest absolute Gasteiger partial charge is 0.378 e. The quantitative estimate of drug-likeness (QED) is 0.533. The zero-order valence-electron chi connectivity index (χ0n) is 12.5. The van der Waals surface area contributed by atoms with Crippen molar-refractivity contribution in [3.05, 3.63) is 42.2 Å². The Morgan fingerprint density at radius 3 is 2.61 bits per heavy atom. The number of hydrazine groups is 3. The van der Waals surface area contributed by atoms with E-state index in [1.807, 2.05) is 4.90 Å². The lowest BCUT2D eigenvalue weighted by Gasteiger charge is -2.38. The van der Waals surface area contributed by atoms with Crippen LogP contribution in [0.15, 0.2) is 47.1 Å². The molecule has 0 aliphatic carbocycles.